The number of benzene rings is 1. The van der Waals surface area contributed by atoms with Crippen LogP contribution in [0.25, 0.3) is 0 Å². The standard InChI is InChI=1S/C17H18F3N3O4/c1-2-3-8-23-10-13(9-15(23)26-11-24)22-16(25)21-12-4-6-14(7-5-12)27-17(18,19)20/h4-7,9-11H,2-3,8H2,1H3,(H2,21,22,25). The first-order valence-corrected chi connectivity index (χ1v) is 8.05. The summed E-state index contributed by atoms with van der Waals surface area (Å²) in [7, 11) is 0. The number of carbonyl (C=O) groups is 2. The lowest BCUT2D eigenvalue weighted by atomic mass is 10.3. The molecule has 1 aromatic heterocycles. The molecule has 146 valence electrons. The molecular weight excluding hydrogens is 367 g/mol. The van der Waals surface area contributed by atoms with Gasteiger partial charge >= 0.3 is 12.4 Å². The van der Waals surface area contributed by atoms with Crippen molar-refractivity contribution in [2.75, 3.05) is 10.6 Å². The molecule has 0 unspecified atom stereocenters. The zero-order valence-electron chi connectivity index (χ0n) is 14.4. The van der Waals surface area contributed by atoms with Gasteiger partial charge in [0.25, 0.3) is 6.47 Å². The third-order valence-corrected chi connectivity index (χ3v) is 3.38. The van der Waals surface area contributed by atoms with E-state index in [4.69, 9.17) is 4.74 Å². The zero-order valence-corrected chi connectivity index (χ0v) is 14.4. The van der Waals surface area contributed by atoms with Gasteiger partial charge in [0.15, 0.2) is 0 Å². The molecule has 0 bridgehead atoms. The van der Waals surface area contributed by atoms with E-state index in [1.165, 1.54) is 18.2 Å². The molecule has 10 heteroatoms. The maximum Gasteiger partial charge on any atom is 0.573 e. The summed E-state index contributed by atoms with van der Waals surface area (Å²) in [4.78, 5) is 22.6. The molecule has 0 atom stereocenters. The fourth-order valence-corrected chi connectivity index (χ4v) is 2.24. The molecule has 1 heterocycles. The molecule has 0 saturated heterocycles. The van der Waals surface area contributed by atoms with Gasteiger partial charge in [-0.05, 0) is 30.7 Å². The third-order valence-electron chi connectivity index (χ3n) is 3.38. The lowest BCUT2D eigenvalue weighted by molar-refractivity contribution is -0.274. The second kappa shape index (κ2) is 8.97. The van der Waals surface area contributed by atoms with Crippen molar-refractivity contribution in [1.82, 2.24) is 4.57 Å². The Morgan fingerprint density at radius 2 is 1.85 bits per heavy atom. The van der Waals surface area contributed by atoms with Crippen LogP contribution in [0.2, 0.25) is 0 Å². The highest BCUT2D eigenvalue weighted by atomic mass is 19.4. The van der Waals surface area contributed by atoms with Crippen LogP contribution in [0, 0.1) is 0 Å². The van der Waals surface area contributed by atoms with E-state index in [0.29, 0.717) is 24.6 Å². The predicted octanol–water partition coefficient (Wildman–Crippen LogP) is 4.37. The van der Waals surface area contributed by atoms with Crippen LogP contribution in [0.5, 0.6) is 11.6 Å². The minimum absolute atomic E-state index is 0.275. The first-order chi connectivity index (χ1) is 12.8. The number of aryl methyl sites for hydroxylation is 1. The van der Waals surface area contributed by atoms with E-state index in [1.807, 2.05) is 6.92 Å². The molecule has 7 nitrogen and oxygen atoms in total. The Labute approximate surface area is 153 Å². The van der Waals surface area contributed by atoms with Crippen LogP contribution in [0.1, 0.15) is 19.8 Å². The predicted molar refractivity (Wildman–Crippen MR) is 91.8 cm³/mol. The van der Waals surface area contributed by atoms with Crippen molar-refractivity contribution in [1.29, 1.82) is 0 Å². The minimum Gasteiger partial charge on any atom is -0.411 e. The molecule has 2 aromatic rings. The minimum atomic E-state index is -4.78. The smallest absolute Gasteiger partial charge is 0.411 e. The van der Waals surface area contributed by atoms with Crippen LogP contribution in [-0.2, 0) is 11.3 Å². The summed E-state index contributed by atoms with van der Waals surface area (Å²) in [5, 5.41) is 5.04. The Morgan fingerprint density at radius 1 is 1.19 bits per heavy atom. The molecule has 0 fully saturated rings. The van der Waals surface area contributed by atoms with Crippen LogP contribution >= 0.6 is 0 Å². The summed E-state index contributed by atoms with van der Waals surface area (Å²) in [6, 6.07) is 5.59. The van der Waals surface area contributed by atoms with Gasteiger partial charge in [-0.25, -0.2) is 4.79 Å². The molecule has 0 aliphatic carbocycles. The lowest BCUT2D eigenvalue weighted by Gasteiger charge is -2.10. The first kappa shape index (κ1) is 20.1. The Morgan fingerprint density at radius 3 is 2.44 bits per heavy atom. The number of hydrogen-bond donors (Lipinski definition) is 2. The third kappa shape index (κ3) is 6.57. The summed E-state index contributed by atoms with van der Waals surface area (Å²) < 4.78 is 46.7. The lowest BCUT2D eigenvalue weighted by Crippen LogP contribution is -2.19. The Bertz CT molecular complexity index is 773. The number of rotatable bonds is 8. The molecule has 2 amide bonds. The quantitative estimate of drug-likeness (QED) is 0.662. The molecule has 0 aliphatic rings. The van der Waals surface area contributed by atoms with Crippen LogP contribution < -0.4 is 20.1 Å². The van der Waals surface area contributed by atoms with Crippen LogP contribution in [0.3, 0.4) is 0 Å². The zero-order chi connectivity index (χ0) is 19.9. The van der Waals surface area contributed by atoms with Crippen molar-refractivity contribution >= 4 is 23.9 Å². The number of carbonyl (C=O) groups excluding carboxylic acids is 2. The van der Waals surface area contributed by atoms with Gasteiger partial charge in [-0.15, -0.1) is 13.2 Å². The SMILES string of the molecule is CCCCn1cc(NC(=O)Nc2ccc(OC(F)(F)F)cc2)cc1OC=O. The van der Waals surface area contributed by atoms with Gasteiger partial charge in [-0.3, -0.25) is 4.79 Å². The number of urea groups is 1. The molecule has 0 saturated carbocycles. The molecule has 2 rings (SSSR count). The van der Waals surface area contributed by atoms with E-state index in [0.717, 1.165) is 25.0 Å². The normalized spacial score (nSPS) is 11.0. The number of hydrogen-bond acceptors (Lipinski definition) is 4. The number of halogens is 3. The summed E-state index contributed by atoms with van der Waals surface area (Å²) in [5.41, 5.74) is 0.675. The van der Waals surface area contributed by atoms with Crippen molar-refractivity contribution < 1.29 is 32.2 Å². The highest BCUT2D eigenvalue weighted by molar-refractivity contribution is 5.99. The first-order valence-electron chi connectivity index (χ1n) is 8.05. The van der Waals surface area contributed by atoms with Crippen molar-refractivity contribution in [2.45, 2.75) is 32.7 Å². The van der Waals surface area contributed by atoms with E-state index in [2.05, 4.69) is 15.4 Å². The average molecular weight is 385 g/mol. The molecule has 27 heavy (non-hydrogen) atoms. The fraction of sp³-hybridized carbons (Fsp3) is 0.294. The van der Waals surface area contributed by atoms with Gasteiger partial charge in [0, 0.05) is 24.5 Å². The maximum absolute atomic E-state index is 12.1. The summed E-state index contributed by atoms with van der Waals surface area (Å²) in [6.45, 7) is 2.93. The summed E-state index contributed by atoms with van der Waals surface area (Å²) in [6.07, 6.45) is -1.36. The van der Waals surface area contributed by atoms with Gasteiger partial charge in [0.1, 0.15) is 5.75 Å². The molecule has 0 radical (unpaired) electrons. The molecule has 0 aliphatic heterocycles. The van der Waals surface area contributed by atoms with Crippen molar-refractivity contribution in [3.63, 3.8) is 0 Å². The maximum atomic E-state index is 12.1. The second-order valence-electron chi connectivity index (χ2n) is 5.48. The van der Waals surface area contributed by atoms with Gasteiger partial charge in [-0.1, -0.05) is 13.3 Å². The number of ether oxygens (including phenoxy) is 2. The van der Waals surface area contributed by atoms with E-state index in [-0.39, 0.29) is 5.69 Å². The van der Waals surface area contributed by atoms with Crippen LogP contribution in [-0.4, -0.2) is 23.4 Å². The molecule has 0 spiro atoms. The van der Waals surface area contributed by atoms with E-state index < -0.39 is 18.1 Å². The van der Waals surface area contributed by atoms with Crippen molar-refractivity contribution in [3.05, 3.63) is 36.5 Å². The number of anilines is 2. The Hall–Kier alpha value is -3.17. The van der Waals surface area contributed by atoms with Crippen LogP contribution in [0.4, 0.5) is 29.3 Å². The van der Waals surface area contributed by atoms with E-state index in [9.17, 15) is 22.8 Å². The van der Waals surface area contributed by atoms with Gasteiger partial charge in [0.2, 0.25) is 5.88 Å². The van der Waals surface area contributed by atoms with Gasteiger partial charge in [0.05, 0.1) is 5.69 Å². The monoisotopic (exact) mass is 385 g/mol. The van der Waals surface area contributed by atoms with Crippen molar-refractivity contribution in [3.8, 4) is 11.6 Å². The topological polar surface area (TPSA) is 81.6 Å². The summed E-state index contributed by atoms with van der Waals surface area (Å²) >= 11 is 0. The summed E-state index contributed by atoms with van der Waals surface area (Å²) in [5.74, 6) is -0.0977. The number of aromatic nitrogens is 1. The number of nitrogens with one attached hydrogen (secondary N) is 2. The van der Waals surface area contributed by atoms with Gasteiger partial charge in [-0.2, -0.15) is 0 Å². The van der Waals surface area contributed by atoms with Gasteiger partial charge < -0.3 is 24.7 Å². The van der Waals surface area contributed by atoms with Crippen LogP contribution in [0.15, 0.2) is 36.5 Å². The number of nitrogens with zero attached hydrogens (tertiary/aromatic N) is 1. The fourth-order valence-electron chi connectivity index (χ4n) is 2.24. The Balaban J connectivity index is 1.97. The van der Waals surface area contributed by atoms with E-state index in [1.54, 1.807) is 10.8 Å². The second-order valence-corrected chi connectivity index (χ2v) is 5.48. The Kier molecular flexibility index (Phi) is 6.69. The molecule has 1 aromatic carbocycles. The number of amides is 2. The molecule has 2 N–H and O–H groups in total. The van der Waals surface area contributed by atoms with E-state index >= 15 is 0 Å². The largest absolute Gasteiger partial charge is 0.573 e. The van der Waals surface area contributed by atoms with Crippen molar-refractivity contribution in [2.24, 2.45) is 0 Å². The highest BCUT2D eigenvalue weighted by Gasteiger charge is 2.30. The molecular formula is C17H18F3N3O4. The number of unbranched alkanes of at least 4 members (excludes halogenated alkanes) is 1. The number of alkyl halides is 3. The highest BCUT2D eigenvalue weighted by Crippen LogP contribution is 2.25. The average Bonchev–Trinajstić information content (AvgIpc) is 2.95.